The van der Waals surface area contributed by atoms with Crippen molar-refractivity contribution in [2.75, 3.05) is 47.5 Å². The number of rotatable bonds is 44. The first kappa shape index (κ1) is 55.0. The molecule has 9 nitrogen and oxygen atoms in total. The third kappa shape index (κ3) is 42.6. The second-order valence-corrected chi connectivity index (χ2v) is 18.9. The van der Waals surface area contributed by atoms with Gasteiger partial charge in [0.05, 0.1) is 27.7 Å². The van der Waals surface area contributed by atoms with Gasteiger partial charge in [0.25, 0.3) is 7.82 Å². The van der Waals surface area contributed by atoms with Crippen LogP contribution >= 0.6 is 7.82 Å². The van der Waals surface area contributed by atoms with Gasteiger partial charge in [-0.15, -0.1) is 0 Å². The van der Waals surface area contributed by atoms with E-state index >= 15 is 0 Å². The van der Waals surface area contributed by atoms with E-state index < -0.39 is 26.5 Å². The van der Waals surface area contributed by atoms with Gasteiger partial charge in [-0.05, 0) is 12.8 Å². The summed E-state index contributed by atoms with van der Waals surface area (Å²) in [6.07, 6.45) is 39.8. The van der Waals surface area contributed by atoms with Crippen molar-refractivity contribution in [2.45, 2.75) is 238 Å². The molecule has 56 heavy (non-hydrogen) atoms. The molecule has 0 radical (unpaired) electrons. The van der Waals surface area contributed by atoms with Crippen LogP contribution in [-0.4, -0.2) is 70.0 Å². The molecule has 0 aliphatic rings. The molecule has 0 aromatic rings. The molecule has 0 bridgehead atoms. The Morgan fingerprint density at radius 2 is 0.804 bits per heavy atom. The molecule has 0 amide bonds. The molecule has 0 aliphatic carbocycles. The Balaban J connectivity index is 4.26. The summed E-state index contributed by atoms with van der Waals surface area (Å²) >= 11 is 0. The number of carbonyl (C=O) groups excluding carboxylic acids is 2. The second kappa shape index (κ2) is 39.5. The van der Waals surface area contributed by atoms with Gasteiger partial charge >= 0.3 is 11.9 Å². The molecule has 0 aliphatic heterocycles. The van der Waals surface area contributed by atoms with Crippen molar-refractivity contribution in [3.63, 3.8) is 0 Å². The molecule has 2 atom stereocenters. The van der Waals surface area contributed by atoms with Gasteiger partial charge in [0.15, 0.2) is 6.10 Å². The molecule has 0 fully saturated rings. The molecule has 0 rings (SSSR count). The fraction of sp³-hybridized carbons (Fsp3) is 0.957. The molecular formula is C46H92NO8P. The summed E-state index contributed by atoms with van der Waals surface area (Å²) < 4.78 is 34.0. The van der Waals surface area contributed by atoms with Crippen LogP contribution in [0.4, 0.5) is 0 Å². The lowest BCUT2D eigenvalue weighted by atomic mass is 10.0. The van der Waals surface area contributed by atoms with Crippen molar-refractivity contribution in [2.24, 2.45) is 0 Å². The fourth-order valence-electron chi connectivity index (χ4n) is 6.89. The highest BCUT2D eigenvalue weighted by Gasteiger charge is 2.21. The van der Waals surface area contributed by atoms with Crippen LogP contribution in [-0.2, 0) is 32.7 Å². The second-order valence-electron chi connectivity index (χ2n) is 17.5. The average molecular weight is 818 g/mol. The Hall–Kier alpha value is -0.990. The third-order valence-electron chi connectivity index (χ3n) is 10.6. The van der Waals surface area contributed by atoms with Gasteiger partial charge in [-0.3, -0.25) is 14.2 Å². The van der Waals surface area contributed by atoms with E-state index in [0.717, 1.165) is 32.1 Å². The van der Waals surface area contributed by atoms with E-state index in [4.69, 9.17) is 18.5 Å². The Labute approximate surface area is 346 Å². The first-order chi connectivity index (χ1) is 27.0. The molecule has 0 aromatic heterocycles. The van der Waals surface area contributed by atoms with Crippen LogP contribution in [0, 0.1) is 0 Å². The number of hydrogen-bond donors (Lipinski definition) is 0. The molecule has 0 N–H and O–H groups in total. The van der Waals surface area contributed by atoms with Crippen LogP contribution in [0.2, 0.25) is 0 Å². The molecule has 0 heterocycles. The van der Waals surface area contributed by atoms with Gasteiger partial charge in [0, 0.05) is 12.8 Å². The number of unbranched alkanes of at least 4 members (excludes halogenated alkanes) is 30. The number of quaternary nitrogens is 1. The summed E-state index contributed by atoms with van der Waals surface area (Å²) in [7, 11) is 1.18. The van der Waals surface area contributed by atoms with Gasteiger partial charge in [0.1, 0.15) is 19.8 Å². The first-order valence-electron chi connectivity index (χ1n) is 23.7. The maximum absolute atomic E-state index is 12.7. The summed E-state index contributed by atoms with van der Waals surface area (Å²) in [6, 6.07) is 0. The summed E-state index contributed by atoms with van der Waals surface area (Å²) in [6.45, 7) is 4.28. The molecule has 0 saturated carbocycles. The van der Waals surface area contributed by atoms with Gasteiger partial charge in [0.2, 0.25) is 0 Å². The number of hydrogen-bond acceptors (Lipinski definition) is 8. The zero-order valence-corrected chi connectivity index (χ0v) is 38.5. The Morgan fingerprint density at radius 3 is 1.14 bits per heavy atom. The third-order valence-corrected chi connectivity index (χ3v) is 11.6. The Morgan fingerprint density at radius 1 is 0.482 bits per heavy atom. The van der Waals surface area contributed by atoms with E-state index in [1.54, 1.807) is 0 Å². The van der Waals surface area contributed by atoms with E-state index in [1.165, 1.54) is 167 Å². The number of carbonyl (C=O) groups is 2. The maximum Gasteiger partial charge on any atom is 0.306 e. The van der Waals surface area contributed by atoms with Crippen LogP contribution in [0.25, 0.3) is 0 Å². The summed E-state index contributed by atoms with van der Waals surface area (Å²) in [5, 5.41) is 0. The number of nitrogens with zero attached hydrogens (tertiary/aromatic N) is 1. The van der Waals surface area contributed by atoms with Gasteiger partial charge in [-0.2, -0.15) is 0 Å². The van der Waals surface area contributed by atoms with E-state index in [2.05, 4.69) is 13.8 Å². The summed E-state index contributed by atoms with van der Waals surface area (Å²) in [4.78, 5) is 37.6. The Bertz CT molecular complexity index is 927. The minimum absolute atomic E-state index is 0.0255. The smallest absolute Gasteiger partial charge is 0.306 e. The highest BCUT2D eigenvalue weighted by Crippen LogP contribution is 2.38. The van der Waals surface area contributed by atoms with E-state index in [-0.39, 0.29) is 32.0 Å². The summed E-state index contributed by atoms with van der Waals surface area (Å²) in [5.41, 5.74) is 0. The number of likely N-dealkylation sites (N-methyl/N-ethyl adjacent to an activating group) is 1. The lowest BCUT2D eigenvalue weighted by Crippen LogP contribution is -2.37. The molecule has 0 saturated heterocycles. The summed E-state index contributed by atoms with van der Waals surface area (Å²) in [5.74, 6) is -0.817. The lowest BCUT2D eigenvalue weighted by Gasteiger charge is -2.28. The number of phosphoric ester groups is 1. The number of phosphoric acid groups is 1. The molecular weight excluding hydrogens is 725 g/mol. The minimum Gasteiger partial charge on any atom is -0.756 e. The van der Waals surface area contributed by atoms with Gasteiger partial charge < -0.3 is 27.9 Å². The first-order valence-corrected chi connectivity index (χ1v) is 25.2. The fourth-order valence-corrected chi connectivity index (χ4v) is 7.62. The average Bonchev–Trinajstić information content (AvgIpc) is 3.15. The minimum atomic E-state index is -4.62. The topological polar surface area (TPSA) is 111 Å². The van der Waals surface area contributed by atoms with Crippen molar-refractivity contribution in [1.29, 1.82) is 0 Å². The van der Waals surface area contributed by atoms with Crippen molar-refractivity contribution < 1.29 is 42.1 Å². The zero-order chi connectivity index (χ0) is 41.4. The number of esters is 2. The van der Waals surface area contributed by atoms with Crippen LogP contribution in [0.5, 0.6) is 0 Å². The zero-order valence-electron chi connectivity index (χ0n) is 37.6. The van der Waals surface area contributed by atoms with E-state index in [0.29, 0.717) is 17.4 Å². The van der Waals surface area contributed by atoms with Crippen LogP contribution < -0.4 is 4.89 Å². The highest BCUT2D eigenvalue weighted by molar-refractivity contribution is 7.45. The monoisotopic (exact) mass is 818 g/mol. The predicted molar refractivity (Wildman–Crippen MR) is 232 cm³/mol. The number of ether oxygens (including phenoxy) is 2. The molecule has 0 aromatic carbocycles. The van der Waals surface area contributed by atoms with Crippen molar-refractivity contribution >= 4 is 19.8 Å². The predicted octanol–water partition coefficient (Wildman–Crippen LogP) is 13.0. The maximum atomic E-state index is 12.7. The molecule has 1 unspecified atom stereocenters. The van der Waals surface area contributed by atoms with Crippen molar-refractivity contribution in [3.8, 4) is 0 Å². The highest BCUT2D eigenvalue weighted by atomic mass is 31.2. The molecule has 10 heteroatoms. The van der Waals surface area contributed by atoms with Crippen molar-refractivity contribution in [1.82, 2.24) is 0 Å². The molecule has 334 valence electrons. The largest absolute Gasteiger partial charge is 0.756 e. The Kier molecular flexibility index (Phi) is 38.8. The van der Waals surface area contributed by atoms with Crippen LogP contribution in [0.1, 0.15) is 232 Å². The van der Waals surface area contributed by atoms with Crippen LogP contribution in [0.15, 0.2) is 0 Å². The quantitative estimate of drug-likeness (QED) is 0.0259. The van der Waals surface area contributed by atoms with Gasteiger partial charge in [-0.25, -0.2) is 0 Å². The SMILES string of the molecule is CCCCCCCCCCCCCCCCCCCC(=O)OC[C@H](COP(=O)([O-])OCC[N+](C)(C)C)OC(=O)CCCCCCCCCCCCCCCCC. The van der Waals surface area contributed by atoms with Crippen molar-refractivity contribution in [3.05, 3.63) is 0 Å². The van der Waals surface area contributed by atoms with E-state index in [9.17, 15) is 19.0 Å². The standard InChI is InChI=1S/C46H92NO8P/c1-6-8-10-12-14-16-18-20-22-23-25-26-28-30-32-34-36-38-45(48)52-42-44(43-54-56(50,51)53-41-40-47(3,4)5)55-46(49)39-37-35-33-31-29-27-24-21-19-17-15-13-11-9-7-2/h44H,6-43H2,1-5H3/t44-/m1/s1. The van der Waals surface area contributed by atoms with Crippen LogP contribution in [0.3, 0.4) is 0 Å². The molecule has 0 spiro atoms. The van der Waals surface area contributed by atoms with Gasteiger partial charge in [-0.1, -0.05) is 206 Å². The normalized spacial score (nSPS) is 13.5. The lowest BCUT2D eigenvalue weighted by molar-refractivity contribution is -0.870. The van der Waals surface area contributed by atoms with E-state index in [1.807, 2.05) is 21.1 Å².